The number of benzene rings is 1. The highest BCUT2D eigenvalue weighted by molar-refractivity contribution is 5.77. The number of nitrogens with zero attached hydrogens (tertiary/aromatic N) is 4. The molecule has 35 heavy (non-hydrogen) atoms. The number of amides is 1. The Morgan fingerprint density at radius 2 is 1.91 bits per heavy atom. The third-order valence-corrected chi connectivity index (χ3v) is 6.68. The quantitative estimate of drug-likeness (QED) is 0.508. The molecule has 0 radical (unpaired) electrons. The minimum Gasteiger partial charge on any atom is -0.368 e. The second kappa shape index (κ2) is 11.6. The van der Waals surface area contributed by atoms with Crippen molar-refractivity contribution < 1.29 is 9.53 Å². The Balaban J connectivity index is 1.31. The van der Waals surface area contributed by atoms with Crippen LogP contribution in [-0.2, 0) is 22.5 Å². The summed E-state index contributed by atoms with van der Waals surface area (Å²) in [4.78, 5) is 23.4. The molecule has 1 amide bonds. The molecular formula is C28H37N5O2. The molecule has 1 N–H and O–H groups in total. The number of carbonyl (C=O) groups is 1. The van der Waals surface area contributed by atoms with E-state index in [9.17, 15) is 4.79 Å². The van der Waals surface area contributed by atoms with Crippen LogP contribution in [0.1, 0.15) is 48.0 Å². The molecule has 1 aliphatic heterocycles. The monoisotopic (exact) mass is 475 g/mol. The molecule has 4 rings (SSSR count). The molecule has 7 nitrogen and oxygen atoms in total. The summed E-state index contributed by atoms with van der Waals surface area (Å²) in [5.41, 5.74) is 6.65. The zero-order valence-corrected chi connectivity index (χ0v) is 21.4. The summed E-state index contributed by atoms with van der Waals surface area (Å²) in [6.07, 6.45) is 7.42. The fourth-order valence-electron chi connectivity index (χ4n) is 4.66. The van der Waals surface area contributed by atoms with E-state index in [1.165, 1.54) is 16.7 Å². The van der Waals surface area contributed by atoms with Crippen LogP contribution < -0.4 is 5.32 Å². The molecule has 0 bridgehead atoms. The van der Waals surface area contributed by atoms with Crippen molar-refractivity contribution in [2.24, 2.45) is 0 Å². The van der Waals surface area contributed by atoms with E-state index in [2.05, 4.69) is 71.1 Å². The molecule has 7 heteroatoms. The topological polar surface area (TPSA) is 72.3 Å². The van der Waals surface area contributed by atoms with E-state index in [0.717, 1.165) is 68.1 Å². The van der Waals surface area contributed by atoms with Gasteiger partial charge in [0.05, 0.1) is 12.6 Å². The van der Waals surface area contributed by atoms with Gasteiger partial charge in [0.1, 0.15) is 17.9 Å². The van der Waals surface area contributed by atoms with Gasteiger partial charge in [0, 0.05) is 38.8 Å². The number of carbonyl (C=O) groups excluding carboxylic acids is 1. The predicted octanol–water partition coefficient (Wildman–Crippen LogP) is 3.90. The molecule has 186 valence electrons. The first-order valence-electron chi connectivity index (χ1n) is 12.6. The normalized spacial score (nSPS) is 15.3. The zero-order valence-electron chi connectivity index (χ0n) is 21.4. The number of rotatable bonds is 9. The fraction of sp³-hybridized carbons (Fsp3) is 0.464. The molecule has 1 aromatic carbocycles. The standard InChI is InChI=1S/C28H37N5O2/c1-5-25-31-27-20(2)17-21(3)30-28(27)33(25)18-23-10-8-22(9-11-23)7-6-14-32-15-12-24(13-16-32)35-19-26(34)29-4/h6-11,17,24H,5,12-16,18-19H2,1-4H3,(H,29,34). The third-order valence-electron chi connectivity index (χ3n) is 6.68. The molecule has 0 unspecified atom stereocenters. The van der Waals surface area contributed by atoms with Gasteiger partial charge in [-0.2, -0.15) is 0 Å². The number of hydrogen-bond acceptors (Lipinski definition) is 5. The van der Waals surface area contributed by atoms with Crippen LogP contribution in [-0.4, -0.2) is 64.7 Å². The van der Waals surface area contributed by atoms with Crippen molar-refractivity contribution in [2.45, 2.75) is 52.7 Å². The van der Waals surface area contributed by atoms with Crippen LogP contribution in [0.15, 0.2) is 36.4 Å². The Labute approximate surface area is 208 Å². The molecule has 1 saturated heterocycles. The van der Waals surface area contributed by atoms with Crippen molar-refractivity contribution >= 4 is 23.1 Å². The maximum atomic E-state index is 11.3. The number of pyridine rings is 1. The highest BCUT2D eigenvalue weighted by Crippen LogP contribution is 2.21. The van der Waals surface area contributed by atoms with Crippen molar-refractivity contribution in [1.82, 2.24) is 24.8 Å². The van der Waals surface area contributed by atoms with E-state index in [1.807, 2.05) is 6.92 Å². The van der Waals surface area contributed by atoms with E-state index in [1.54, 1.807) is 7.05 Å². The van der Waals surface area contributed by atoms with Crippen LogP contribution >= 0.6 is 0 Å². The first-order chi connectivity index (χ1) is 17.0. The number of fused-ring (bicyclic) bond motifs is 1. The second-order valence-electron chi connectivity index (χ2n) is 9.35. The first-order valence-corrected chi connectivity index (χ1v) is 12.6. The van der Waals surface area contributed by atoms with Gasteiger partial charge in [-0.05, 0) is 49.4 Å². The van der Waals surface area contributed by atoms with E-state index in [0.29, 0.717) is 0 Å². The highest BCUT2D eigenvalue weighted by Gasteiger charge is 2.19. The van der Waals surface area contributed by atoms with Crippen LogP contribution in [0.25, 0.3) is 17.2 Å². The summed E-state index contributed by atoms with van der Waals surface area (Å²) < 4.78 is 7.94. The Morgan fingerprint density at radius 3 is 2.60 bits per heavy atom. The molecular weight excluding hydrogens is 438 g/mol. The summed E-state index contributed by atoms with van der Waals surface area (Å²) in [6, 6.07) is 10.9. The van der Waals surface area contributed by atoms with E-state index < -0.39 is 0 Å². The first kappa shape index (κ1) is 25.1. The lowest BCUT2D eigenvalue weighted by Crippen LogP contribution is -2.38. The van der Waals surface area contributed by atoms with Crippen LogP contribution in [0.4, 0.5) is 0 Å². The lowest BCUT2D eigenvalue weighted by Gasteiger charge is -2.30. The average Bonchev–Trinajstić information content (AvgIpc) is 3.22. The van der Waals surface area contributed by atoms with Gasteiger partial charge in [0.2, 0.25) is 5.91 Å². The molecule has 0 atom stereocenters. The van der Waals surface area contributed by atoms with E-state index in [4.69, 9.17) is 14.7 Å². The van der Waals surface area contributed by atoms with Gasteiger partial charge >= 0.3 is 0 Å². The van der Waals surface area contributed by atoms with Gasteiger partial charge in [0.25, 0.3) is 0 Å². The van der Waals surface area contributed by atoms with Crippen LogP contribution in [0.5, 0.6) is 0 Å². The highest BCUT2D eigenvalue weighted by atomic mass is 16.5. The summed E-state index contributed by atoms with van der Waals surface area (Å²) in [5.74, 6) is 1.01. The minimum absolute atomic E-state index is 0.0626. The molecule has 1 fully saturated rings. The van der Waals surface area contributed by atoms with Gasteiger partial charge in [-0.25, -0.2) is 9.97 Å². The number of imidazole rings is 1. The Bertz CT molecular complexity index is 1170. The van der Waals surface area contributed by atoms with Crippen molar-refractivity contribution in [3.8, 4) is 0 Å². The number of aryl methyl sites for hydroxylation is 3. The number of aromatic nitrogens is 3. The van der Waals surface area contributed by atoms with Crippen molar-refractivity contribution in [3.63, 3.8) is 0 Å². The number of nitrogens with one attached hydrogen (secondary N) is 1. The van der Waals surface area contributed by atoms with Gasteiger partial charge in [-0.3, -0.25) is 9.69 Å². The second-order valence-corrected chi connectivity index (χ2v) is 9.35. The van der Waals surface area contributed by atoms with Crippen LogP contribution in [0.3, 0.4) is 0 Å². The fourth-order valence-corrected chi connectivity index (χ4v) is 4.66. The van der Waals surface area contributed by atoms with Crippen molar-refractivity contribution in [1.29, 1.82) is 0 Å². The van der Waals surface area contributed by atoms with Gasteiger partial charge in [-0.15, -0.1) is 0 Å². The van der Waals surface area contributed by atoms with Crippen LogP contribution in [0.2, 0.25) is 0 Å². The van der Waals surface area contributed by atoms with Crippen LogP contribution in [0, 0.1) is 13.8 Å². The van der Waals surface area contributed by atoms with Crippen molar-refractivity contribution in [3.05, 3.63) is 64.6 Å². The summed E-state index contributed by atoms with van der Waals surface area (Å²) in [7, 11) is 1.64. The Morgan fingerprint density at radius 1 is 1.17 bits per heavy atom. The number of likely N-dealkylation sites (N-methyl/N-ethyl adjacent to an activating group) is 1. The molecule has 1 aliphatic rings. The molecule has 0 saturated carbocycles. The maximum Gasteiger partial charge on any atom is 0.245 e. The molecule has 0 spiro atoms. The summed E-state index contributed by atoms with van der Waals surface area (Å²) in [6.45, 7) is 10.1. The largest absolute Gasteiger partial charge is 0.368 e. The number of likely N-dealkylation sites (tertiary alicyclic amines) is 1. The zero-order chi connectivity index (χ0) is 24.8. The van der Waals surface area contributed by atoms with Gasteiger partial charge in [-0.1, -0.05) is 43.3 Å². The molecule has 3 heterocycles. The maximum absolute atomic E-state index is 11.3. The Hall–Kier alpha value is -3.03. The summed E-state index contributed by atoms with van der Waals surface area (Å²) in [5, 5.41) is 2.60. The van der Waals surface area contributed by atoms with Gasteiger partial charge < -0.3 is 14.6 Å². The summed E-state index contributed by atoms with van der Waals surface area (Å²) >= 11 is 0. The SMILES string of the molecule is CCc1nc2c(C)cc(C)nc2n1Cc1ccc(C=CCN2CCC(OCC(=O)NC)CC2)cc1. The van der Waals surface area contributed by atoms with Gasteiger partial charge in [0.15, 0.2) is 5.65 Å². The minimum atomic E-state index is -0.0626. The smallest absolute Gasteiger partial charge is 0.245 e. The number of ether oxygens (including phenoxy) is 1. The van der Waals surface area contributed by atoms with E-state index in [-0.39, 0.29) is 18.6 Å². The lowest BCUT2D eigenvalue weighted by atomic mass is 10.1. The number of piperidine rings is 1. The Kier molecular flexibility index (Phi) is 8.31. The lowest BCUT2D eigenvalue weighted by molar-refractivity contribution is -0.128. The third kappa shape index (κ3) is 6.35. The molecule has 0 aliphatic carbocycles. The molecule has 2 aromatic heterocycles. The van der Waals surface area contributed by atoms with Crippen molar-refractivity contribution in [2.75, 3.05) is 33.3 Å². The van der Waals surface area contributed by atoms with E-state index >= 15 is 0 Å². The average molecular weight is 476 g/mol. The predicted molar refractivity (Wildman–Crippen MR) is 140 cm³/mol. The molecule has 3 aromatic rings. The number of hydrogen-bond donors (Lipinski definition) is 1.